The summed E-state index contributed by atoms with van der Waals surface area (Å²) in [5.74, 6) is -2.35. The van der Waals surface area contributed by atoms with Crippen LogP contribution in [-0.4, -0.2) is 11.7 Å². The van der Waals surface area contributed by atoms with E-state index in [0.717, 1.165) is 0 Å². The van der Waals surface area contributed by atoms with Gasteiger partial charge >= 0.3 is 0 Å². The lowest BCUT2D eigenvalue weighted by Crippen LogP contribution is -2.48. The molecule has 0 aromatic heterocycles. The van der Waals surface area contributed by atoms with E-state index in [4.69, 9.17) is 11.5 Å². The number of hydrogen-bond donors (Lipinski definition) is 2. The zero-order valence-corrected chi connectivity index (χ0v) is 6.77. The van der Waals surface area contributed by atoms with Crippen LogP contribution in [0.5, 0.6) is 0 Å². The number of hydrogen-bond acceptors (Lipinski definition) is 4. The molecule has 4 N–H and O–H groups in total. The molecule has 1 aliphatic rings. The molecule has 2 rings (SSSR count). The molecule has 0 aliphatic carbocycles. The Kier molecular flexibility index (Phi) is 1.43. The predicted octanol–water partition coefficient (Wildman–Crippen LogP) is -1.96. The molecule has 0 radical (unpaired) electrons. The lowest BCUT2D eigenvalue weighted by Gasteiger charge is -2.10. The smallest absolute Gasteiger partial charge is 0.284 e. The van der Waals surface area contributed by atoms with Gasteiger partial charge in [0.2, 0.25) is 0 Å². The molecule has 0 saturated heterocycles. The molecule has 0 unspecified atom stereocenters. The Balaban J connectivity index is 2.70. The maximum atomic E-state index is 10.9. The van der Waals surface area contributed by atoms with Crippen LogP contribution in [-0.2, 0) is 4.79 Å². The van der Waals surface area contributed by atoms with Crippen LogP contribution in [0.2, 0.25) is 0 Å². The van der Waals surface area contributed by atoms with Gasteiger partial charge in [-0.3, -0.25) is 10.5 Å². The molecule has 1 aromatic rings. The van der Waals surface area contributed by atoms with E-state index >= 15 is 0 Å². The maximum absolute atomic E-state index is 10.9. The SMILES string of the molecule is NC(=O)C1(N)N=c2ccccc2=N1. The van der Waals surface area contributed by atoms with Crippen molar-refractivity contribution in [3.63, 3.8) is 0 Å². The number of amides is 1. The second-order valence-corrected chi connectivity index (χ2v) is 2.80. The summed E-state index contributed by atoms with van der Waals surface area (Å²) in [6.45, 7) is 0. The van der Waals surface area contributed by atoms with Gasteiger partial charge in [0.05, 0.1) is 10.7 Å². The second-order valence-electron chi connectivity index (χ2n) is 2.80. The van der Waals surface area contributed by atoms with Gasteiger partial charge in [-0.2, -0.15) is 0 Å². The van der Waals surface area contributed by atoms with Crippen LogP contribution in [0, 0.1) is 0 Å². The summed E-state index contributed by atoms with van der Waals surface area (Å²) in [5.41, 5.74) is 10.6. The highest BCUT2D eigenvalue weighted by Gasteiger charge is 2.32. The number of nitrogens with two attached hydrogens (primary N) is 2. The Morgan fingerprint density at radius 1 is 1.23 bits per heavy atom. The Morgan fingerprint density at radius 3 is 2.08 bits per heavy atom. The van der Waals surface area contributed by atoms with Gasteiger partial charge in [-0.15, -0.1) is 0 Å². The summed E-state index contributed by atoms with van der Waals surface area (Å²) in [7, 11) is 0. The second kappa shape index (κ2) is 2.37. The van der Waals surface area contributed by atoms with Crippen LogP contribution < -0.4 is 22.2 Å². The van der Waals surface area contributed by atoms with E-state index in [0.29, 0.717) is 10.7 Å². The van der Waals surface area contributed by atoms with Gasteiger partial charge in [-0.1, -0.05) is 12.1 Å². The molecule has 1 amide bonds. The predicted molar refractivity (Wildman–Crippen MR) is 44.9 cm³/mol. The van der Waals surface area contributed by atoms with Crippen molar-refractivity contribution in [2.24, 2.45) is 21.5 Å². The molecule has 0 spiro atoms. The highest BCUT2D eigenvalue weighted by Crippen LogP contribution is 2.03. The zero-order chi connectivity index (χ0) is 9.47. The summed E-state index contributed by atoms with van der Waals surface area (Å²) in [6, 6.07) is 7.06. The fourth-order valence-electron chi connectivity index (χ4n) is 1.16. The minimum Gasteiger partial charge on any atom is -0.365 e. The molecule has 66 valence electrons. The van der Waals surface area contributed by atoms with E-state index in [9.17, 15) is 4.79 Å². The molecule has 1 heterocycles. The minimum atomic E-state index is -1.61. The minimum absolute atomic E-state index is 0.601. The monoisotopic (exact) mass is 176 g/mol. The third kappa shape index (κ3) is 1.09. The van der Waals surface area contributed by atoms with Crippen molar-refractivity contribution in [3.8, 4) is 0 Å². The Hall–Kier alpha value is -1.75. The van der Waals surface area contributed by atoms with Gasteiger partial charge in [0.15, 0.2) is 0 Å². The summed E-state index contributed by atoms with van der Waals surface area (Å²) in [4.78, 5) is 18.7. The van der Waals surface area contributed by atoms with E-state index < -0.39 is 11.7 Å². The number of para-hydroxylation sites is 2. The van der Waals surface area contributed by atoms with Crippen LogP contribution >= 0.6 is 0 Å². The van der Waals surface area contributed by atoms with Crippen molar-refractivity contribution < 1.29 is 4.79 Å². The third-order valence-electron chi connectivity index (χ3n) is 1.83. The van der Waals surface area contributed by atoms with E-state index in [-0.39, 0.29) is 0 Å². The number of rotatable bonds is 1. The van der Waals surface area contributed by atoms with Crippen LogP contribution in [0.1, 0.15) is 0 Å². The summed E-state index contributed by atoms with van der Waals surface area (Å²) >= 11 is 0. The van der Waals surface area contributed by atoms with Crippen LogP contribution in [0.25, 0.3) is 0 Å². The van der Waals surface area contributed by atoms with E-state index in [1.165, 1.54) is 0 Å². The van der Waals surface area contributed by atoms with Gasteiger partial charge < -0.3 is 5.73 Å². The maximum Gasteiger partial charge on any atom is 0.284 e. The molecular formula is C8H8N4O. The molecule has 1 aromatic carbocycles. The van der Waals surface area contributed by atoms with Crippen LogP contribution in [0.4, 0.5) is 0 Å². The van der Waals surface area contributed by atoms with Gasteiger partial charge in [-0.05, 0) is 12.1 Å². The van der Waals surface area contributed by atoms with Crippen LogP contribution in [0.3, 0.4) is 0 Å². The highest BCUT2D eigenvalue weighted by atomic mass is 16.2. The van der Waals surface area contributed by atoms with Crippen molar-refractivity contribution in [1.82, 2.24) is 0 Å². The summed E-state index contributed by atoms with van der Waals surface area (Å²) < 4.78 is 0. The number of carbonyl (C=O) groups excluding carboxylic acids is 1. The fourth-order valence-corrected chi connectivity index (χ4v) is 1.16. The number of carbonyl (C=O) groups is 1. The lowest BCUT2D eigenvalue weighted by atomic mass is 10.3. The number of primary amides is 1. The van der Waals surface area contributed by atoms with Gasteiger partial charge in [0.25, 0.3) is 11.7 Å². The first kappa shape index (κ1) is 7.88. The highest BCUT2D eigenvalue weighted by molar-refractivity contribution is 5.83. The standard InChI is InChI=1S/C8H8N4O/c9-7(13)8(10)11-5-3-1-2-4-6(5)12-8/h1-4H,10H2,(H2,9,13). The molecule has 0 atom stereocenters. The first-order valence-corrected chi connectivity index (χ1v) is 3.75. The number of benzene rings is 1. The number of fused-ring (bicyclic) bond motifs is 1. The van der Waals surface area contributed by atoms with Gasteiger partial charge in [-0.25, -0.2) is 9.98 Å². The van der Waals surface area contributed by atoms with Crippen molar-refractivity contribution in [3.05, 3.63) is 35.0 Å². The van der Waals surface area contributed by atoms with Crippen molar-refractivity contribution in [2.75, 3.05) is 0 Å². The molecule has 0 saturated carbocycles. The Morgan fingerprint density at radius 2 is 1.69 bits per heavy atom. The summed E-state index contributed by atoms with van der Waals surface area (Å²) in [6.07, 6.45) is 0. The summed E-state index contributed by atoms with van der Waals surface area (Å²) in [5, 5.41) is 1.20. The largest absolute Gasteiger partial charge is 0.365 e. The van der Waals surface area contributed by atoms with Crippen molar-refractivity contribution >= 4 is 5.91 Å². The number of nitrogens with zero attached hydrogens (tertiary/aromatic N) is 2. The first-order valence-electron chi connectivity index (χ1n) is 3.75. The van der Waals surface area contributed by atoms with Crippen molar-refractivity contribution in [2.45, 2.75) is 5.79 Å². The van der Waals surface area contributed by atoms with Crippen LogP contribution in [0.15, 0.2) is 34.3 Å². The first-order chi connectivity index (χ1) is 6.12. The molecule has 13 heavy (non-hydrogen) atoms. The average Bonchev–Trinajstić information content (AvgIpc) is 2.42. The molecule has 5 heteroatoms. The van der Waals surface area contributed by atoms with E-state index in [1.807, 2.05) is 0 Å². The molecular weight excluding hydrogens is 168 g/mol. The normalized spacial score (nSPS) is 17.0. The molecule has 1 aliphatic heterocycles. The zero-order valence-electron chi connectivity index (χ0n) is 6.77. The lowest BCUT2D eigenvalue weighted by molar-refractivity contribution is -0.122. The van der Waals surface area contributed by atoms with E-state index in [1.54, 1.807) is 24.3 Å². The molecule has 5 nitrogen and oxygen atoms in total. The topological polar surface area (TPSA) is 93.8 Å². The fraction of sp³-hybridized carbons (Fsp3) is 0.125. The van der Waals surface area contributed by atoms with Gasteiger partial charge in [0, 0.05) is 0 Å². The quantitative estimate of drug-likeness (QED) is 0.519. The Bertz CT molecular complexity index is 444. The average molecular weight is 176 g/mol. The molecule has 0 fully saturated rings. The third-order valence-corrected chi connectivity index (χ3v) is 1.83. The Labute approximate surface area is 73.8 Å². The van der Waals surface area contributed by atoms with Crippen molar-refractivity contribution in [1.29, 1.82) is 0 Å². The van der Waals surface area contributed by atoms with Gasteiger partial charge in [0.1, 0.15) is 0 Å². The van der Waals surface area contributed by atoms with E-state index in [2.05, 4.69) is 9.98 Å². The molecule has 0 bridgehead atoms.